The van der Waals surface area contributed by atoms with Crippen LogP contribution in [0.25, 0.3) is 10.9 Å². The monoisotopic (exact) mass is 180 g/mol. The molecule has 0 saturated heterocycles. The summed E-state index contributed by atoms with van der Waals surface area (Å²) in [4.78, 5) is 3.17. The molecule has 12 heavy (non-hydrogen) atoms. The second-order valence-corrected chi connectivity index (χ2v) is 3.29. The van der Waals surface area contributed by atoms with Crippen LogP contribution in [-0.2, 0) is 0 Å². The quantitative estimate of drug-likeness (QED) is 0.643. The largest absolute Gasteiger partial charge is 0.397 e. The van der Waals surface area contributed by atoms with Crippen molar-refractivity contribution in [2.24, 2.45) is 0 Å². The minimum atomic E-state index is 0.716. The number of benzene rings is 1. The van der Waals surface area contributed by atoms with Crippen LogP contribution < -0.4 is 5.73 Å². The second kappa shape index (κ2) is 2.42. The van der Waals surface area contributed by atoms with E-state index < -0.39 is 0 Å². The van der Waals surface area contributed by atoms with E-state index in [4.69, 9.17) is 17.3 Å². The molecule has 0 radical (unpaired) electrons. The van der Waals surface area contributed by atoms with E-state index in [0.717, 1.165) is 22.3 Å². The zero-order valence-corrected chi connectivity index (χ0v) is 7.44. The van der Waals surface area contributed by atoms with Crippen LogP contribution in [0.5, 0.6) is 0 Å². The highest BCUT2D eigenvalue weighted by molar-refractivity contribution is 6.31. The van der Waals surface area contributed by atoms with Crippen molar-refractivity contribution in [1.29, 1.82) is 0 Å². The molecule has 2 nitrogen and oxygen atoms in total. The van der Waals surface area contributed by atoms with E-state index in [2.05, 4.69) is 4.98 Å². The summed E-state index contributed by atoms with van der Waals surface area (Å²) in [6.45, 7) is 1.95. The van der Waals surface area contributed by atoms with Gasteiger partial charge < -0.3 is 10.7 Å². The van der Waals surface area contributed by atoms with Crippen LogP contribution in [0.3, 0.4) is 0 Å². The average molecular weight is 181 g/mol. The minimum Gasteiger partial charge on any atom is -0.397 e. The number of nitrogens with two attached hydrogens (primary N) is 1. The first kappa shape index (κ1) is 7.50. The zero-order chi connectivity index (χ0) is 8.72. The highest BCUT2D eigenvalue weighted by Gasteiger charge is 2.03. The standard InChI is InChI=1S/C9H9ClN2/c1-5-9(11)7-4-6(10)2-3-8(7)12-5/h2-4,12H,11H2,1H3. The van der Waals surface area contributed by atoms with Crippen molar-refractivity contribution in [1.82, 2.24) is 4.98 Å². The van der Waals surface area contributed by atoms with Gasteiger partial charge in [0.2, 0.25) is 0 Å². The molecule has 0 aliphatic rings. The number of H-pyrrole nitrogens is 1. The maximum atomic E-state index is 5.83. The van der Waals surface area contributed by atoms with Crippen molar-refractivity contribution in [3.05, 3.63) is 28.9 Å². The summed E-state index contributed by atoms with van der Waals surface area (Å²) in [6, 6.07) is 5.65. The summed E-state index contributed by atoms with van der Waals surface area (Å²) in [5.41, 5.74) is 8.63. The van der Waals surface area contributed by atoms with Crippen LogP contribution in [0, 0.1) is 6.92 Å². The number of aryl methyl sites for hydroxylation is 1. The SMILES string of the molecule is Cc1[nH]c2ccc(Cl)cc2c1N. The lowest BCUT2D eigenvalue weighted by Gasteiger charge is -1.91. The first-order valence-electron chi connectivity index (χ1n) is 3.72. The Bertz CT molecular complexity index is 431. The Morgan fingerprint density at radius 1 is 1.42 bits per heavy atom. The lowest BCUT2D eigenvalue weighted by atomic mass is 10.2. The van der Waals surface area contributed by atoms with Gasteiger partial charge in [0.15, 0.2) is 0 Å². The maximum Gasteiger partial charge on any atom is 0.0602 e. The molecular weight excluding hydrogens is 172 g/mol. The Morgan fingerprint density at radius 2 is 2.17 bits per heavy atom. The summed E-state index contributed by atoms with van der Waals surface area (Å²) in [5, 5.41) is 1.72. The fraction of sp³-hybridized carbons (Fsp3) is 0.111. The fourth-order valence-corrected chi connectivity index (χ4v) is 1.49. The van der Waals surface area contributed by atoms with E-state index in [1.54, 1.807) is 0 Å². The molecule has 3 N–H and O–H groups in total. The van der Waals surface area contributed by atoms with Crippen LogP contribution >= 0.6 is 11.6 Å². The van der Waals surface area contributed by atoms with Gasteiger partial charge in [0.05, 0.1) is 5.69 Å². The first-order valence-corrected chi connectivity index (χ1v) is 4.09. The van der Waals surface area contributed by atoms with E-state index >= 15 is 0 Å². The Hall–Kier alpha value is -1.15. The highest BCUT2D eigenvalue weighted by Crippen LogP contribution is 2.26. The van der Waals surface area contributed by atoms with E-state index in [1.165, 1.54) is 0 Å². The third-order valence-corrected chi connectivity index (χ3v) is 2.23. The van der Waals surface area contributed by atoms with Crippen molar-refractivity contribution in [2.45, 2.75) is 6.92 Å². The molecule has 0 bridgehead atoms. The molecule has 0 spiro atoms. The molecule has 0 atom stereocenters. The summed E-state index contributed by atoms with van der Waals surface area (Å²) in [5.74, 6) is 0. The number of fused-ring (bicyclic) bond motifs is 1. The van der Waals surface area contributed by atoms with Gasteiger partial charge in [0.1, 0.15) is 0 Å². The van der Waals surface area contributed by atoms with E-state index in [9.17, 15) is 0 Å². The molecule has 1 aromatic heterocycles. The molecule has 0 aliphatic carbocycles. The Labute approximate surface area is 75.3 Å². The molecule has 1 heterocycles. The molecule has 62 valence electrons. The zero-order valence-electron chi connectivity index (χ0n) is 6.69. The minimum absolute atomic E-state index is 0.716. The molecule has 2 aromatic rings. The number of aromatic amines is 1. The molecule has 0 unspecified atom stereocenters. The van der Waals surface area contributed by atoms with Crippen molar-refractivity contribution in [2.75, 3.05) is 5.73 Å². The Morgan fingerprint density at radius 3 is 2.92 bits per heavy atom. The third kappa shape index (κ3) is 0.959. The van der Waals surface area contributed by atoms with Gasteiger partial charge >= 0.3 is 0 Å². The number of nitrogens with one attached hydrogen (secondary N) is 1. The van der Waals surface area contributed by atoms with Gasteiger partial charge in [-0.1, -0.05) is 11.6 Å². The van der Waals surface area contributed by atoms with Gasteiger partial charge in [0, 0.05) is 21.6 Å². The predicted molar refractivity (Wildman–Crippen MR) is 52.5 cm³/mol. The van der Waals surface area contributed by atoms with Crippen LogP contribution in [0.2, 0.25) is 5.02 Å². The number of hydrogen-bond acceptors (Lipinski definition) is 1. The summed E-state index contributed by atoms with van der Waals surface area (Å²) < 4.78 is 0. The topological polar surface area (TPSA) is 41.8 Å². The number of hydrogen-bond donors (Lipinski definition) is 2. The van der Waals surface area contributed by atoms with Crippen LogP contribution in [0.4, 0.5) is 5.69 Å². The molecule has 3 heteroatoms. The van der Waals surface area contributed by atoms with Crippen LogP contribution in [-0.4, -0.2) is 4.98 Å². The second-order valence-electron chi connectivity index (χ2n) is 2.85. The van der Waals surface area contributed by atoms with E-state index in [1.807, 2.05) is 25.1 Å². The maximum absolute atomic E-state index is 5.83. The van der Waals surface area contributed by atoms with Crippen molar-refractivity contribution in [3.63, 3.8) is 0 Å². The van der Waals surface area contributed by atoms with Crippen molar-refractivity contribution >= 4 is 28.2 Å². The third-order valence-electron chi connectivity index (χ3n) is 2.00. The first-order chi connectivity index (χ1) is 5.68. The summed E-state index contributed by atoms with van der Waals surface area (Å²) in [7, 11) is 0. The van der Waals surface area contributed by atoms with E-state index in [0.29, 0.717) is 5.02 Å². The predicted octanol–water partition coefficient (Wildman–Crippen LogP) is 2.71. The summed E-state index contributed by atoms with van der Waals surface area (Å²) >= 11 is 5.83. The van der Waals surface area contributed by atoms with Gasteiger partial charge in [-0.15, -0.1) is 0 Å². The molecule has 1 aromatic carbocycles. The van der Waals surface area contributed by atoms with Gasteiger partial charge in [-0.25, -0.2) is 0 Å². The molecule has 0 saturated carbocycles. The number of rotatable bonds is 0. The van der Waals surface area contributed by atoms with Crippen molar-refractivity contribution < 1.29 is 0 Å². The van der Waals surface area contributed by atoms with Gasteiger partial charge in [-0.2, -0.15) is 0 Å². The number of anilines is 1. The Balaban J connectivity index is 2.88. The molecular formula is C9H9ClN2. The number of nitrogen functional groups attached to an aromatic ring is 1. The fourth-order valence-electron chi connectivity index (χ4n) is 1.32. The van der Waals surface area contributed by atoms with Gasteiger partial charge in [0.25, 0.3) is 0 Å². The van der Waals surface area contributed by atoms with Crippen LogP contribution in [0.15, 0.2) is 18.2 Å². The lowest BCUT2D eigenvalue weighted by Crippen LogP contribution is -1.84. The Kier molecular flexibility index (Phi) is 1.51. The van der Waals surface area contributed by atoms with Gasteiger partial charge in [-0.05, 0) is 25.1 Å². The smallest absolute Gasteiger partial charge is 0.0602 e. The molecule has 0 aliphatic heterocycles. The van der Waals surface area contributed by atoms with Crippen LogP contribution in [0.1, 0.15) is 5.69 Å². The summed E-state index contributed by atoms with van der Waals surface area (Å²) in [6.07, 6.45) is 0. The highest BCUT2D eigenvalue weighted by atomic mass is 35.5. The van der Waals surface area contributed by atoms with E-state index in [-0.39, 0.29) is 0 Å². The number of halogens is 1. The molecule has 0 amide bonds. The molecule has 2 rings (SSSR count). The lowest BCUT2D eigenvalue weighted by molar-refractivity contribution is 1.30. The normalized spacial score (nSPS) is 10.8. The average Bonchev–Trinajstić information content (AvgIpc) is 2.31. The number of aromatic nitrogens is 1. The van der Waals surface area contributed by atoms with Crippen molar-refractivity contribution in [3.8, 4) is 0 Å². The molecule has 0 fully saturated rings. The van der Waals surface area contributed by atoms with Gasteiger partial charge in [-0.3, -0.25) is 0 Å².